The highest BCUT2D eigenvalue weighted by Gasteiger charge is 2.12. The molecular formula is C16H25N5O. The van der Waals surface area contributed by atoms with Gasteiger partial charge < -0.3 is 15.3 Å². The molecule has 0 amide bonds. The van der Waals surface area contributed by atoms with Crippen LogP contribution >= 0.6 is 0 Å². The van der Waals surface area contributed by atoms with Gasteiger partial charge in [0.2, 0.25) is 0 Å². The van der Waals surface area contributed by atoms with Crippen molar-refractivity contribution in [2.24, 2.45) is 0 Å². The molecule has 0 bridgehead atoms. The van der Waals surface area contributed by atoms with Crippen molar-refractivity contribution in [3.8, 4) is 0 Å². The molecular weight excluding hydrogens is 278 g/mol. The van der Waals surface area contributed by atoms with Crippen molar-refractivity contribution in [2.75, 3.05) is 30.9 Å². The van der Waals surface area contributed by atoms with Gasteiger partial charge in [-0.05, 0) is 32.9 Å². The number of pyridine rings is 1. The third-order valence-corrected chi connectivity index (χ3v) is 3.74. The molecule has 0 saturated heterocycles. The summed E-state index contributed by atoms with van der Waals surface area (Å²) in [6, 6.07) is 4.06. The van der Waals surface area contributed by atoms with Gasteiger partial charge in [-0.3, -0.25) is 4.68 Å². The summed E-state index contributed by atoms with van der Waals surface area (Å²) in [5, 5.41) is 17.0. The third-order valence-electron chi connectivity index (χ3n) is 3.74. The van der Waals surface area contributed by atoms with Gasteiger partial charge >= 0.3 is 0 Å². The van der Waals surface area contributed by atoms with E-state index in [1.165, 1.54) is 5.56 Å². The summed E-state index contributed by atoms with van der Waals surface area (Å²) in [7, 11) is 3.98. The van der Waals surface area contributed by atoms with E-state index < -0.39 is 0 Å². The number of nitrogens with zero attached hydrogens (tertiary/aromatic N) is 4. The molecule has 22 heavy (non-hydrogen) atoms. The molecule has 0 aliphatic rings. The predicted octanol–water partition coefficient (Wildman–Crippen LogP) is 1.87. The summed E-state index contributed by atoms with van der Waals surface area (Å²) >= 11 is 0. The topological polar surface area (TPSA) is 66.2 Å². The van der Waals surface area contributed by atoms with Crippen molar-refractivity contribution < 1.29 is 5.11 Å². The van der Waals surface area contributed by atoms with Gasteiger partial charge in [0, 0.05) is 37.6 Å². The van der Waals surface area contributed by atoms with Crippen LogP contribution in [-0.4, -0.2) is 40.6 Å². The fourth-order valence-corrected chi connectivity index (χ4v) is 2.51. The Hall–Kier alpha value is -2.08. The average Bonchev–Trinajstić information content (AvgIpc) is 2.73. The Morgan fingerprint density at radius 2 is 1.95 bits per heavy atom. The lowest BCUT2D eigenvalue weighted by molar-refractivity contribution is 0.268. The maximum atomic E-state index is 9.09. The van der Waals surface area contributed by atoms with Crippen LogP contribution in [0.25, 0.3) is 0 Å². The standard InChI is InChI=1S/C16H25N5O/c1-11-6-7-15(16(18-11)20(4)5)17-10-14-12(2)19-21(8-9-22)13(14)3/h6-7,17,22H,8-10H2,1-5H3. The van der Waals surface area contributed by atoms with E-state index in [1.54, 1.807) is 0 Å². The molecule has 0 aliphatic heterocycles. The van der Waals surface area contributed by atoms with E-state index in [-0.39, 0.29) is 6.61 Å². The van der Waals surface area contributed by atoms with E-state index in [0.717, 1.165) is 28.6 Å². The zero-order valence-electron chi connectivity index (χ0n) is 14.0. The normalized spacial score (nSPS) is 10.8. The van der Waals surface area contributed by atoms with Crippen LogP contribution in [0.4, 0.5) is 11.5 Å². The smallest absolute Gasteiger partial charge is 0.151 e. The molecule has 120 valence electrons. The van der Waals surface area contributed by atoms with Crippen molar-refractivity contribution in [1.29, 1.82) is 0 Å². The van der Waals surface area contributed by atoms with Crippen molar-refractivity contribution in [3.05, 3.63) is 34.8 Å². The molecule has 0 radical (unpaired) electrons. The average molecular weight is 303 g/mol. The van der Waals surface area contributed by atoms with Crippen LogP contribution in [0.5, 0.6) is 0 Å². The first kappa shape index (κ1) is 16.3. The highest BCUT2D eigenvalue weighted by Crippen LogP contribution is 2.23. The number of nitrogens with one attached hydrogen (secondary N) is 1. The first-order valence-electron chi connectivity index (χ1n) is 7.46. The zero-order chi connectivity index (χ0) is 16.3. The zero-order valence-corrected chi connectivity index (χ0v) is 14.0. The van der Waals surface area contributed by atoms with Crippen molar-refractivity contribution >= 4 is 11.5 Å². The molecule has 0 aliphatic carbocycles. The monoisotopic (exact) mass is 303 g/mol. The number of aliphatic hydroxyl groups is 1. The lowest BCUT2D eigenvalue weighted by atomic mass is 10.2. The van der Waals surface area contributed by atoms with Gasteiger partial charge in [0.15, 0.2) is 5.82 Å². The van der Waals surface area contributed by atoms with Gasteiger partial charge in [-0.2, -0.15) is 5.10 Å². The van der Waals surface area contributed by atoms with E-state index >= 15 is 0 Å². The van der Waals surface area contributed by atoms with Crippen molar-refractivity contribution in [1.82, 2.24) is 14.8 Å². The van der Waals surface area contributed by atoms with E-state index in [9.17, 15) is 0 Å². The second kappa shape index (κ2) is 6.79. The molecule has 0 atom stereocenters. The number of rotatable bonds is 6. The van der Waals surface area contributed by atoms with Crippen LogP contribution in [0.3, 0.4) is 0 Å². The van der Waals surface area contributed by atoms with Gasteiger partial charge in [-0.15, -0.1) is 0 Å². The number of hydrogen-bond donors (Lipinski definition) is 2. The van der Waals surface area contributed by atoms with Gasteiger partial charge in [0.05, 0.1) is 24.5 Å². The minimum atomic E-state index is 0.0987. The SMILES string of the molecule is Cc1ccc(NCc2c(C)nn(CCO)c2C)c(N(C)C)n1. The fourth-order valence-electron chi connectivity index (χ4n) is 2.51. The Labute approximate surface area is 131 Å². The molecule has 0 saturated carbocycles. The summed E-state index contributed by atoms with van der Waals surface area (Å²) < 4.78 is 1.85. The number of hydrogen-bond acceptors (Lipinski definition) is 5. The Kier molecular flexibility index (Phi) is 5.03. The van der Waals surface area contributed by atoms with E-state index in [4.69, 9.17) is 5.11 Å². The highest BCUT2D eigenvalue weighted by molar-refractivity contribution is 5.65. The quantitative estimate of drug-likeness (QED) is 0.853. The molecule has 0 spiro atoms. The van der Waals surface area contributed by atoms with Crippen LogP contribution in [0.2, 0.25) is 0 Å². The van der Waals surface area contributed by atoms with Gasteiger partial charge in [-0.25, -0.2) is 4.98 Å². The van der Waals surface area contributed by atoms with E-state index in [2.05, 4.69) is 21.5 Å². The predicted molar refractivity (Wildman–Crippen MR) is 89.4 cm³/mol. The maximum absolute atomic E-state index is 9.09. The van der Waals surface area contributed by atoms with Gasteiger partial charge in [0.1, 0.15) is 0 Å². The molecule has 2 N–H and O–H groups in total. The number of aryl methyl sites for hydroxylation is 2. The fraction of sp³-hybridized carbons (Fsp3) is 0.500. The van der Waals surface area contributed by atoms with E-state index in [0.29, 0.717) is 13.1 Å². The highest BCUT2D eigenvalue weighted by atomic mass is 16.3. The Morgan fingerprint density at radius 3 is 2.59 bits per heavy atom. The van der Waals surface area contributed by atoms with Crippen LogP contribution < -0.4 is 10.2 Å². The maximum Gasteiger partial charge on any atom is 0.151 e. The second-order valence-electron chi connectivity index (χ2n) is 5.67. The van der Waals surface area contributed by atoms with Crippen molar-refractivity contribution in [3.63, 3.8) is 0 Å². The molecule has 0 aromatic carbocycles. The number of aliphatic hydroxyl groups excluding tert-OH is 1. The van der Waals surface area contributed by atoms with Crippen LogP contribution in [0.1, 0.15) is 22.6 Å². The number of aromatic nitrogens is 3. The molecule has 6 heteroatoms. The van der Waals surface area contributed by atoms with Gasteiger partial charge in [-0.1, -0.05) is 0 Å². The molecule has 2 aromatic rings. The Morgan fingerprint density at radius 1 is 1.23 bits per heavy atom. The third kappa shape index (κ3) is 3.39. The first-order chi connectivity index (χ1) is 10.4. The van der Waals surface area contributed by atoms with E-state index in [1.807, 2.05) is 50.5 Å². The molecule has 6 nitrogen and oxygen atoms in total. The minimum Gasteiger partial charge on any atom is -0.394 e. The molecule has 2 aromatic heterocycles. The molecule has 0 unspecified atom stereocenters. The molecule has 2 heterocycles. The largest absolute Gasteiger partial charge is 0.394 e. The molecule has 2 rings (SSSR count). The summed E-state index contributed by atoms with van der Waals surface area (Å²) in [6.07, 6.45) is 0. The molecule has 0 fully saturated rings. The number of anilines is 2. The van der Waals surface area contributed by atoms with Crippen LogP contribution in [0, 0.1) is 20.8 Å². The Bertz CT molecular complexity index is 648. The second-order valence-corrected chi connectivity index (χ2v) is 5.67. The summed E-state index contributed by atoms with van der Waals surface area (Å²) in [5.41, 5.74) is 5.25. The van der Waals surface area contributed by atoms with Gasteiger partial charge in [0.25, 0.3) is 0 Å². The lowest BCUT2D eigenvalue weighted by Crippen LogP contribution is -2.15. The minimum absolute atomic E-state index is 0.0987. The lowest BCUT2D eigenvalue weighted by Gasteiger charge is -2.18. The summed E-state index contributed by atoms with van der Waals surface area (Å²) in [6.45, 7) is 7.34. The summed E-state index contributed by atoms with van der Waals surface area (Å²) in [4.78, 5) is 6.58. The first-order valence-corrected chi connectivity index (χ1v) is 7.46. The Balaban J connectivity index is 2.20. The van der Waals surface area contributed by atoms with Crippen molar-refractivity contribution in [2.45, 2.75) is 33.9 Å². The van der Waals surface area contributed by atoms with Crippen LogP contribution in [-0.2, 0) is 13.1 Å². The summed E-state index contributed by atoms with van der Waals surface area (Å²) in [5.74, 6) is 0.929. The van der Waals surface area contributed by atoms with Crippen LogP contribution in [0.15, 0.2) is 12.1 Å².